The van der Waals surface area contributed by atoms with E-state index in [2.05, 4.69) is 10.0 Å². The molecule has 4 nitrogen and oxygen atoms in total. The number of hydrogen-bond acceptors (Lipinski definition) is 3. The van der Waals surface area contributed by atoms with Gasteiger partial charge in [-0.2, -0.15) is 0 Å². The zero-order valence-electron chi connectivity index (χ0n) is 12.3. The number of sulfonamides is 1. The normalized spacial score (nSPS) is 17.7. The van der Waals surface area contributed by atoms with Crippen molar-refractivity contribution in [2.75, 3.05) is 13.6 Å². The van der Waals surface area contributed by atoms with Crippen molar-refractivity contribution in [3.63, 3.8) is 0 Å². The summed E-state index contributed by atoms with van der Waals surface area (Å²) in [5, 5.41) is 3.08. The van der Waals surface area contributed by atoms with Gasteiger partial charge in [-0.25, -0.2) is 13.1 Å². The van der Waals surface area contributed by atoms with Gasteiger partial charge in [0, 0.05) is 5.54 Å². The Balaban J connectivity index is 2.09. The van der Waals surface area contributed by atoms with Crippen LogP contribution in [0.15, 0.2) is 29.2 Å². The van der Waals surface area contributed by atoms with E-state index in [0.29, 0.717) is 4.90 Å². The van der Waals surface area contributed by atoms with Crippen LogP contribution in [0.4, 0.5) is 0 Å². The molecule has 0 radical (unpaired) electrons. The summed E-state index contributed by atoms with van der Waals surface area (Å²) in [6.07, 6.45) is 4.76. The smallest absolute Gasteiger partial charge is 0.241 e. The highest BCUT2D eigenvalue weighted by Crippen LogP contribution is 2.36. The zero-order chi connectivity index (χ0) is 14.6. The molecule has 0 saturated heterocycles. The lowest BCUT2D eigenvalue weighted by molar-refractivity contribution is 0.214. The molecule has 5 heteroatoms. The molecule has 0 amide bonds. The Bertz CT molecular complexity index is 528. The minimum Gasteiger partial charge on any atom is -0.319 e. The summed E-state index contributed by atoms with van der Waals surface area (Å²) in [5.41, 5.74) is 0.941. The second kappa shape index (κ2) is 6.24. The van der Waals surface area contributed by atoms with Crippen molar-refractivity contribution in [1.29, 1.82) is 0 Å². The molecule has 1 fully saturated rings. The fraction of sp³-hybridized carbons (Fsp3) is 0.600. The van der Waals surface area contributed by atoms with Crippen LogP contribution in [0.5, 0.6) is 0 Å². The van der Waals surface area contributed by atoms with Crippen molar-refractivity contribution >= 4 is 10.0 Å². The Kier molecular flexibility index (Phi) is 4.83. The van der Waals surface area contributed by atoms with Crippen molar-refractivity contribution in [2.24, 2.45) is 0 Å². The first kappa shape index (κ1) is 15.5. The van der Waals surface area contributed by atoms with E-state index in [-0.39, 0.29) is 5.54 Å². The average Bonchev–Trinajstić information content (AvgIpc) is 2.41. The van der Waals surface area contributed by atoms with Gasteiger partial charge in [0.15, 0.2) is 0 Å². The average molecular weight is 296 g/mol. The van der Waals surface area contributed by atoms with Gasteiger partial charge in [0.1, 0.15) is 0 Å². The molecule has 0 bridgehead atoms. The molecule has 2 N–H and O–H groups in total. The number of nitrogens with one attached hydrogen (secondary N) is 2. The standard InChI is InChI=1S/C15H24N2O2S/c1-3-15(10-4-11-15)17-20(18,19)14-7-5-13(6-8-14)9-12-16-2/h5-8,16-17H,3-4,9-12H2,1-2H3. The SMILES string of the molecule is CCC1(NS(=O)(=O)c2ccc(CCNC)cc2)CCC1. The van der Waals surface area contributed by atoms with Crippen LogP contribution < -0.4 is 10.0 Å². The van der Waals surface area contributed by atoms with Crippen LogP contribution in [0.1, 0.15) is 38.2 Å². The number of likely N-dealkylation sites (N-methyl/N-ethyl adjacent to an activating group) is 1. The third kappa shape index (κ3) is 3.40. The lowest BCUT2D eigenvalue weighted by Crippen LogP contribution is -2.52. The van der Waals surface area contributed by atoms with Gasteiger partial charge in [0.05, 0.1) is 4.90 Å². The minimum absolute atomic E-state index is 0.205. The minimum atomic E-state index is -3.39. The molecule has 1 aliphatic rings. The maximum Gasteiger partial charge on any atom is 0.241 e. The molecule has 0 spiro atoms. The van der Waals surface area contributed by atoms with E-state index in [1.54, 1.807) is 12.1 Å². The van der Waals surface area contributed by atoms with E-state index >= 15 is 0 Å². The van der Waals surface area contributed by atoms with E-state index in [0.717, 1.165) is 44.2 Å². The second-order valence-corrected chi connectivity index (χ2v) is 7.27. The first-order valence-electron chi connectivity index (χ1n) is 7.29. The zero-order valence-corrected chi connectivity index (χ0v) is 13.1. The molecular formula is C15H24N2O2S. The fourth-order valence-electron chi connectivity index (χ4n) is 2.58. The van der Waals surface area contributed by atoms with Gasteiger partial charge in [-0.1, -0.05) is 19.1 Å². The lowest BCUT2D eigenvalue weighted by atomic mass is 9.76. The van der Waals surface area contributed by atoms with Crippen LogP contribution in [-0.2, 0) is 16.4 Å². The molecule has 1 aromatic rings. The number of benzene rings is 1. The van der Waals surface area contributed by atoms with Gasteiger partial charge < -0.3 is 5.32 Å². The maximum atomic E-state index is 12.4. The van der Waals surface area contributed by atoms with E-state index in [9.17, 15) is 8.42 Å². The quantitative estimate of drug-likeness (QED) is 0.810. The Hall–Kier alpha value is -0.910. The lowest BCUT2D eigenvalue weighted by Gasteiger charge is -2.41. The first-order chi connectivity index (χ1) is 9.51. The molecule has 0 atom stereocenters. The van der Waals surface area contributed by atoms with Crippen molar-refractivity contribution in [3.05, 3.63) is 29.8 Å². The van der Waals surface area contributed by atoms with Gasteiger partial charge >= 0.3 is 0 Å². The molecule has 0 aliphatic heterocycles. The molecule has 1 aliphatic carbocycles. The van der Waals surface area contributed by atoms with E-state index in [1.165, 1.54) is 0 Å². The van der Waals surface area contributed by atoms with Crippen LogP contribution in [0.25, 0.3) is 0 Å². The summed E-state index contributed by atoms with van der Waals surface area (Å²) in [5.74, 6) is 0. The third-order valence-corrected chi connectivity index (χ3v) is 5.83. The Morgan fingerprint density at radius 1 is 1.20 bits per heavy atom. The summed E-state index contributed by atoms with van der Waals surface area (Å²) >= 11 is 0. The van der Waals surface area contributed by atoms with E-state index < -0.39 is 10.0 Å². The predicted molar refractivity (Wildman–Crippen MR) is 81.3 cm³/mol. The van der Waals surface area contributed by atoms with Crippen molar-refractivity contribution < 1.29 is 8.42 Å². The van der Waals surface area contributed by atoms with Crippen LogP contribution in [0.2, 0.25) is 0 Å². The topological polar surface area (TPSA) is 58.2 Å². The Morgan fingerprint density at radius 3 is 2.30 bits per heavy atom. The molecule has 1 saturated carbocycles. The third-order valence-electron chi connectivity index (χ3n) is 4.24. The van der Waals surface area contributed by atoms with Gasteiger partial charge in [0.2, 0.25) is 10.0 Å². The van der Waals surface area contributed by atoms with E-state index in [1.807, 2.05) is 26.1 Å². The monoisotopic (exact) mass is 296 g/mol. The largest absolute Gasteiger partial charge is 0.319 e. The number of rotatable bonds is 7. The number of hydrogen-bond donors (Lipinski definition) is 2. The van der Waals surface area contributed by atoms with Gasteiger partial charge in [-0.3, -0.25) is 0 Å². The summed E-state index contributed by atoms with van der Waals surface area (Å²) < 4.78 is 27.7. The summed E-state index contributed by atoms with van der Waals surface area (Å²) in [6.45, 7) is 2.94. The first-order valence-corrected chi connectivity index (χ1v) is 8.77. The molecule has 0 unspecified atom stereocenters. The molecule has 0 aromatic heterocycles. The van der Waals surface area contributed by atoms with Gasteiger partial charge in [-0.05, 0) is 63.4 Å². The highest BCUT2D eigenvalue weighted by Gasteiger charge is 2.38. The van der Waals surface area contributed by atoms with Crippen LogP contribution in [0.3, 0.4) is 0 Å². The Labute approximate surface area is 122 Å². The van der Waals surface area contributed by atoms with Crippen LogP contribution >= 0.6 is 0 Å². The van der Waals surface area contributed by atoms with Crippen molar-refractivity contribution in [3.8, 4) is 0 Å². The summed E-state index contributed by atoms with van der Waals surface area (Å²) in [4.78, 5) is 0.366. The van der Waals surface area contributed by atoms with Gasteiger partial charge in [0.25, 0.3) is 0 Å². The predicted octanol–water partition coefficient (Wildman–Crippen LogP) is 2.06. The highest BCUT2D eigenvalue weighted by atomic mass is 32.2. The summed E-state index contributed by atoms with van der Waals surface area (Å²) in [7, 11) is -1.49. The van der Waals surface area contributed by atoms with Crippen LogP contribution in [-0.4, -0.2) is 27.5 Å². The Morgan fingerprint density at radius 2 is 1.85 bits per heavy atom. The molecular weight excluding hydrogens is 272 g/mol. The van der Waals surface area contributed by atoms with Crippen molar-refractivity contribution in [2.45, 2.75) is 49.5 Å². The van der Waals surface area contributed by atoms with Gasteiger partial charge in [-0.15, -0.1) is 0 Å². The molecule has 112 valence electrons. The van der Waals surface area contributed by atoms with E-state index in [4.69, 9.17) is 0 Å². The molecule has 0 heterocycles. The highest BCUT2D eigenvalue weighted by molar-refractivity contribution is 7.89. The molecule has 20 heavy (non-hydrogen) atoms. The maximum absolute atomic E-state index is 12.4. The van der Waals surface area contributed by atoms with Crippen LogP contribution in [0, 0.1) is 0 Å². The molecule has 1 aromatic carbocycles. The molecule has 2 rings (SSSR count). The van der Waals surface area contributed by atoms with Crippen molar-refractivity contribution in [1.82, 2.24) is 10.0 Å². The summed E-state index contributed by atoms with van der Waals surface area (Å²) in [6, 6.07) is 7.20. The fourth-order valence-corrected chi connectivity index (χ4v) is 4.11. The second-order valence-electron chi connectivity index (χ2n) is 5.59.